The van der Waals surface area contributed by atoms with E-state index in [0.29, 0.717) is 16.2 Å². The van der Waals surface area contributed by atoms with Crippen molar-refractivity contribution >= 4 is 17.5 Å². The van der Waals surface area contributed by atoms with E-state index in [1.165, 1.54) is 6.42 Å². The third-order valence-corrected chi connectivity index (χ3v) is 4.90. The van der Waals surface area contributed by atoms with Gasteiger partial charge in [0.25, 0.3) is 5.91 Å². The molecule has 2 saturated heterocycles. The molecule has 0 aliphatic carbocycles. The van der Waals surface area contributed by atoms with E-state index in [0.717, 1.165) is 39.0 Å². The summed E-state index contributed by atoms with van der Waals surface area (Å²) in [5.74, 6) is 0.708. The van der Waals surface area contributed by atoms with Gasteiger partial charge in [0, 0.05) is 24.7 Å². The number of nitrogens with zero attached hydrogens (tertiary/aromatic N) is 1. The zero-order valence-corrected chi connectivity index (χ0v) is 12.9. The van der Waals surface area contributed by atoms with Crippen LogP contribution < -0.4 is 10.1 Å². The monoisotopic (exact) mass is 308 g/mol. The molecule has 2 fully saturated rings. The summed E-state index contributed by atoms with van der Waals surface area (Å²) in [4.78, 5) is 14.1. The number of piperidine rings is 1. The number of hydrogen-bond donors (Lipinski definition) is 1. The van der Waals surface area contributed by atoms with E-state index in [1.807, 2.05) is 17.0 Å². The molecular weight excluding hydrogens is 288 g/mol. The van der Waals surface area contributed by atoms with Crippen LogP contribution in [-0.2, 0) is 4.79 Å². The second kappa shape index (κ2) is 6.24. The van der Waals surface area contributed by atoms with Gasteiger partial charge in [0.15, 0.2) is 6.61 Å². The van der Waals surface area contributed by atoms with Gasteiger partial charge in [0.05, 0.1) is 0 Å². The Labute approximate surface area is 130 Å². The average molecular weight is 309 g/mol. The fourth-order valence-corrected chi connectivity index (χ4v) is 3.43. The molecule has 2 heterocycles. The van der Waals surface area contributed by atoms with Crippen molar-refractivity contribution in [1.29, 1.82) is 0 Å². The second-order valence-electron chi connectivity index (χ2n) is 6.05. The minimum atomic E-state index is 0.0655. The van der Waals surface area contributed by atoms with Gasteiger partial charge in [-0.2, -0.15) is 0 Å². The Morgan fingerprint density at radius 1 is 1.33 bits per heavy atom. The van der Waals surface area contributed by atoms with Crippen LogP contribution in [0.3, 0.4) is 0 Å². The van der Waals surface area contributed by atoms with Crippen LogP contribution in [0.4, 0.5) is 0 Å². The molecule has 1 spiro atoms. The molecule has 0 saturated carbocycles. The lowest BCUT2D eigenvalue weighted by atomic mass is 9.78. The minimum Gasteiger partial charge on any atom is -0.484 e. The summed E-state index contributed by atoms with van der Waals surface area (Å²) in [6.45, 7) is 4.00. The van der Waals surface area contributed by atoms with Crippen LogP contribution in [0.15, 0.2) is 24.3 Å². The molecule has 0 aromatic heterocycles. The molecule has 1 amide bonds. The molecule has 0 unspecified atom stereocenters. The molecule has 0 atom stereocenters. The predicted octanol–water partition coefficient (Wildman–Crippen LogP) is 2.32. The Morgan fingerprint density at radius 3 is 2.81 bits per heavy atom. The number of likely N-dealkylation sites (tertiary alicyclic amines) is 1. The fraction of sp³-hybridized carbons (Fsp3) is 0.562. The third-order valence-electron chi connectivity index (χ3n) is 4.67. The lowest BCUT2D eigenvalue weighted by Gasteiger charge is -2.38. The molecule has 114 valence electrons. The highest BCUT2D eigenvalue weighted by Crippen LogP contribution is 2.36. The van der Waals surface area contributed by atoms with Gasteiger partial charge in [-0.1, -0.05) is 17.7 Å². The first-order valence-corrected chi connectivity index (χ1v) is 7.92. The Kier molecular flexibility index (Phi) is 4.36. The van der Waals surface area contributed by atoms with Crippen molar-refractivity contribution in [2.45, 2.75) is 19.3 Å². The van der Waals surface area contributed by atoms with Gasteiger partial charge in [0.1, 0.15) is 5.75 Å². The first kappa shape index (κ1) is 14.7. The Bertz CT molecular complexity index is 505. The van der Waals surface area contributed by atoms with E-state index < -0.39 is 0 Å². The van der Waals surface area contributed by atoms with Gasteiger partial charge in [-0.15, -0.1) is 0 Å². The van der Waals surface area contributed by atoms with E-state index in [-0.39, 0.29) is 12.5 Å². The van der Waals surface area contributed by atoms with Crippen LogP contribution in [0.5, 0.6) is 5.75 Å². The number of benzene rings is 1. The molecule has 4 nitrogen and oxygen atoms in total. The summed E-state index contributed by atoms with van der Waals surface area (Å²) < 4.78 is 5.53. The Hall–Kier alpha value is -1.26. The summed E-state index contributed by atoms with van der Waals surface area (Å²) in [6.07, 6.45) is 3.44. The Balaban J connectivity index is 1.48. The maximum Gasteiger partial charge on any atom is 0.260 e. The maximum absolute atomic E-state index is 12.2. The highest BCUT2D eigenvalue weighted by molar-refractivity contribution is 6.30. The Morgan fingerprint density at radius 2 is 2.14 bits per heavy atom. The number of rotatable bonds is 3. The summed E-state index contributed by atoms with van der Waals surface area (Å²) >= 11 is 5.90. The zero-order chi connectivity index (χ0) is 14.7. The highest BCUT2D eigenvalue weighted by atomic mass is 35.5. The molecule has 3 rings (SSSR count). The molecule has 21 heavy (non-hydrogen) atoms. The van der Waals surface area contributed by atoms with Crippen molar-refractivity contribution in [3.05, 3.63) is 29.3 Å². The molecule has 1 N–H and O–H groups in total. The zero-order valence-electron chi connectivity index (χ0n) is 12.1. The van der Waals surface area contributed by atoms with Gasteiger partial charge in [0.2, 0.25) is 0 Å². The average Bonchev–Trinajstić information content (AvgIpc) is 2.94. The standard InChI is InChI=1S/C16H21ClN2O2/c17-13-2-1-3-14(10-13)21-11-15(20)19-8-5-16(6-9-19)4-7-18-12-16/h1-3,10,18H,4-9,11-12H2. The first-order chi connectivity index (χ1) is 10.2. The maximum atomic E-state index is 12.2. The first-order valence-electron chi connectivity index (χ1n) is 7.54. The third kappa shape index (κ3) is 3.50. The van der Waals surface area contributed by atoms with Crippen molar-refractivity contribution in [1.82, 2.24) is 10.2 Å². The number of ether oxygens (including phenoxy) is 1. The quantitative estimate of drug-likeness (QED) is 0.932. The molecular formula is C16H21ClN2O2. The summed E-state index contributed by atoms with van der Waals surface area (Å²) in [5.41, 5.74) is 0.435. The summed E-state index contributed by atoms with van der Waals surface area (Å²) in [6, 6.07) is 7.15. The largest absolute Gasteiger partial charge is 0.484 e. The predicted molar refractivity (Wildman–Crippen MR) is 82.7 cm³/mol. The van der Waals surface area contributed by atoms with Crippen LogP contribution in [0, 0.1) is 5.41 Å². The molecule has 0 bridgehead atoms. The summed E-state index contributed by atoms with van der Waals surface area (Å²) in [7, 11) is 0. The van der Waals surface area contributed by atoms with Crippen molar-refractivity contribution in [2.75, 3.05) is 32.8 Å². The van der Waals surface area contributed by atoms with Gasteiger partial charge < -0.3 is 15.0 Å². The molecule has 1 aromatic rings. The van der Waals surface area contributed by atoms with E-state index in [9.17, 15) is 4.79 Å². The number of halogens is 1. The second-order valence-corrected chi connectivity index (χ2v) is 6.49. The van der Waals surface area contributed by atoms with Crippen molar-refractivity contribution in [2.24, 2.45) is 5.41 Å². The molecule has 2 aliphatic rings. The van der Waals surface area contributed by atoms with E-state index in [4.69, 9.17) is 16.3 Å². The number of hydrogen-bond acceptors (Lipinski definition) is 3. The minimum absolute atomic E-state index is 0.0655. The molecule has 1 aromatic carbocycles. The van der Waals surface area contributed by atoms with Crippen LogP contribution >= 0.6 is 11.6 Å². The lowest BCUT2D eigenvalue weighted by Crippen LogP contribution is -2.45. The van der Waals surface area contributed by atoms with E-state index >= 15 is 0 Å². The van der Waals surface area contributed by atoms with Gasteiger partial charge >= 0.3 is 0 Å². The van der Waals surface area contributed by atoms with Gasteiger partial charge in [-0.3, -0.25) is 4.79 Å². The van der Waals surface area contributed by atoms with Crippen molar-refractivity contribution in [3.8, 4) is 5.75 Å². The molecule has 2 aliphatic heterocycles. The van der Waals surface area contributed by atoms with Gasteiger partial charge in [-0.05, 0) is 49.4 Å². The fourth-order valence-electron chi connectivity index (χ4n) is 3.25. The van der Waals surface area contributed by atoms with Crippen LogP contribution in [0.25, 0.3) is 0 Å². The van der Waals surface area contributed by atoms with Gasteiger partial charge in [-0.25, -0.2) is 0 Å². The lowest BCUT2D eigenvalue weighted by molar-refractivity contribution is -0.135. The van der Waals surface area contributed by atoms with Crippen LogP contribution in [-0.4, -0.2) is 43.6 Å². The van der Waals surface area contributed by atoms with E-state index in [1.54, 1.807) is 12.1 Å². The number of carbonyl (C=O) groups is 1. The molecule has 5 heteroatoms. The number of amides is 1. The number of nitrogens with one attached hydrogen (secondary N) is 1. The van der Waals surface area contributed by atoms with Crippen molar-refractivity contribution in [3.63, 3.8) is 0 Å². The smallest absolute Gasteiger partial charge is 0.260 e. The summed E-state index contributed by atoms with van der Waals surface area (Å²) in [5, 5.41) is 4.06. The number of carbonyl (C=O) groups excluding carboxylic acids is 1. The highest BCUT2D eigenvalue weighted by Gasteiger charge is 2.37. The van der Waals surface area contributed by atoms with Crippen molar-refractivity contribution < 1.29 is 9.53 Å². The van der Waals surface area contributed by atoms with E-state index in [2.05, 4.69) is 5.32 Å². The topological polar surface area (TPSA) is 41.6 Å². The SMILES string of the molecule is O=C(COc1cccc(Cl)c1)N1CCC2(CCNC2)CC1. The molecule has 0 radical (unpaired) electrons. The van der Waals surface area contributed by atoms with Crippen LogP contribution in [0.1, 0.15) is 19.3 Å². The van der Waals surface area contributed by atoms with Crippen LogP contribution in [0.2, 0.25) is 5.02 Å². The normalized spacial score (nSPS) is 20.7.